The van der Waals surface area contributed by atoms with Crippen molar-refractivity contribution in [3.63, 3.8) is 0 Å². The highest BCUT2D eigenvalue weighted by molar-refractivity contribution is 6.22. The van der Waals surface area contributed by atoms with E-state index in [0.717, 1.165) is 77.8 Å². The lowest BCUT2D eigenvalue weighted by Crippen LogP contribution is -2.44. The molecule has 2 atom stereocenters. The summed E-state index contributed by atoms with van der Waals surface area (Å²) in [7, 11) is 0. The maximum absolute atomic E-state index is 6.58. The molecule has 1 aliphatic rings. The van der Waals surface area contributed by atoms with Crippen molar-refractivity contribution in [3.8, 4) is 22.4 Å². The molecule has 51 heavy (non-hydrogen) atoms. The van der Waals surface area contributed by atoms with Crippen LogP contribution in [0.25, 0.3) is 66.0 Å². The Morgan fingerprint density at radius 2 is 1.18 bits per heavy atom. The maximum atomic E-state index is 6.58. The second-order valence-corrected chi connectivity index (χ2v) is 13.1. The van der Waals surface area contributed by atoms with Crippen LogP contribution in [0, 0.1) is 0 Å². The standard InChI is InChI=1S/C46H32N4O/c1-3-12-30(13-4-1)44-48-45(31-14-5-2-6-15-31)50-46(49-44)32-24-22-29(23-25-32)33-18-11-19-36(26-33)42-43-41(37-20-9-10-21-40(37)51-43)38-27-34-16-7-8-17-35(34)28-39(38)47-42/h1-28,44-45,48H,(H,49,50). The van der Waals surface area contributed by atoms with Crippen molar-refractivity contribution in [3.05, 3.63) is 187 Å². The monoisotopic (exact) mass is 656 g/mol. The molecule has 1 aliphatic heterocycles. The van der Waals surface area contributed by atoms with E-state index in [-0.39, 0.29) is 12.3 Å². The number of nitrogens with one attached hydrogen (secondary N) is 2. The second-order valence-electron chi connectivity index (χ2n) is 13.1. The molecule has 0 fully saturated rings. The molecule has 2 unspecified atom stereocenters. The molecule has 0 saturated carbocycles. The van der Waals surface area contributed by atoms with Gasteiger partial charge in [0.25, 0.3) is 0 Å². The summed E-state index contributed by atoms with van der Waals surface area (Å²) < 4.78 is 6.58. The number of hydrogen-bond acceptors (Lipinski definition) is 5. The van der Waals surface area contributed by atoms with E-state index >= 15 is 0 Å². The van der Waals surface area contributed by atoms with Crippen LogP contribution in [0.15, 0.2) is 179 Å². The number of furan rings is 1. The van der Waals surface area contributed by atoms with Gasteiger partial charge in [0.1, 0.15) is 29.4 Å². The fraction of sp³-hybridized carbons (Fsp3) is 0.0435. The lowest BCUT2D eigenvalue weighted by atomic mass is 9.97. The van der Waals surface area contributed by atoms with E-state index in [1.807, 2.05) is 24.3 Å². The smallest absolute Gasteiger partial charge is 0.162 e. The quantitative estimate of drug-likeness (QED) is 0.181. The molecule has 10 rings (SSSR count). The van der Waals surface area contributed by atoms with Gasteiger partial charge in [0, 0.05) is 27.3 Å². The molecule has 3 heterocycles. The van der Waals surface area contributed by atoms with E-state index < -0.39 is 0 Å². The third-order valence-electron chi connectivity index (χ3n) is 9.92. The lowest BCUT2D eigenvalue weighted by Gasteiger charge is -2.32. The van der Waals surface area contributed by atoms with Gasteiger partial charge in [-0.1, -0.05) is 146 Å². The summed E-state index contributed by atoms with van der Waals surface area (Å²) in [6.07, 6.45) is -0.255. The van der Waals surface area contributed by atoms with E-state index in [1.54, 1.807) is 0 Å². The van der Waals surface area contributed by atoms with Gasteiger partial charge in [-0.25, -0.2) is 9.98 Å². The van der Waals surface area contributed by atoms with Crippen LogP contribution >= 0.6 is 0 Å². The van der Waals surface area contributed by atoms with Gasteiger partial charge in [-0.3, -0.25) is 5.32 Å². The third kappa shape index (κ3) is 5.23. The summed E-state index contributed by atoms with van der Waals surface area (Å²) in [5.74, 6) is 0.858. The Balaban J connectivity index is 1.04. The predicted molar refractivity (Wildman–Crippen MR) is 209 cm³/mol. The minimum Gasteiger partial charge on any atom is -0.454 e. The number of aromatic nitrogens is 1. The summed E-state index contributed by atoms with van der Waals surface area (Å²) in [5.41, 5.74) is 10.0. The van der Waals surface area contributed by atoms with E-state index in [2.05, 4.69) is 156 Å². The Kier molecular flexibility index (Phi) is 6.96. The van der Waals surface area contributed by atoms with E-state index in [0.29, 0.717) is 0 Å². The number of para-hydroxylation sites is 1. The molecule has 0 spiro atoms. The van der Waals surface area contributed by atoms with Crippen molar-refractivity contribution in [2.45, 2.75) is 12.3 Å². The molecular formula is C46H32N4O. The molecule has 2 aromatic heterocycles. The number of nitrogens with zero attached hydrogens (tertiary/aromatic N) is 2. The normalized spacial score (nSPS) is 16.0. The molecule has 5 heteroatoms. The maximum Gasteiger partial charge on any atom is 0.162 e. The first-order valence-electron chi connectivity index (χ1n) is 17.3. The van der Waals surface area contributed by atoms with Gasteiger partial charge < -0.3 is 9.73 Å². The molecular weight excluding hydrogens is 625 g/mol. The zero-order chi connectivity index (χ0) is 33.7. The topological polar surface area (TPSA) is 62.5 Å². The Labute approximate surface area is 294 Å². The van der Waals surface area contributed by atoms with Gasteiger partial charge in [-0.15, -0.1) is 0 Å². The molecule has 0 amide bonds. The average Bonchev–Trinajstić information content (AvgIpc) is 3.60. The highest BCUT2D eigenvalue weighted by atomic mass is 16.3. The number of pyridine rings is 1. The van der Waals surface area contributed by atoms with Crippen molar-refractivity contribution in [1.29, 1.82) is 0 Å². The van der Waals surface area contributed by atoms with Gasteiger partial charge >= 0.3 is 0 Å². The lowest BCUT2D eigenvalue weighted by molar-refractivity contribution is 0.409. The van der Waals surface area contributed by atoms with Crippen LogP contribution in [-0.4, -0.2) is 10.8 Å². The Morgan fingerprint density at radius 3 is 1.98 bits per heavy atom. The van der Waals surface area contributed by atoms with Crippen LogP contribution in [0.5, 0.6) is 0 Å². The molecule has 0 bridgehead atoms. The van der Waals surface area contributed by atoms with Crippen molar-refractivity contribution in [1.82, 2.24) is 15.6 Å². The average molecular weight is 657 g/mol. The second kappa shape index (κ2) is 12.1. The highest BCUT2D eigenvalue weighted by Crippen LogP contribution is 2.41. The molecule has 9 aromatic rings. The number of fused-ring (bicyclic) bond motifs is 6. The van der Waals surface area contributed by atoms with Gasteiger partial charge in [0.15, 0.2) is 5.58 Å². The molecule has 0 radical (unpaired) electrons. The summed E-state index contributed by atoms with van der Waals surface area (Å²) in [5, 5.41) is 13.0. The van der Waals surface area contributed by atoms with Crippen molar-refractivity contribution in [2.75, 3.05) is 0 Å². The predicted octanol–water partition coefficient (Wildman–Crippen LogP) is 11.0. The zero-order valence-electron chi connectivity index (χ0n) is 27.6. The largest absolute Gasteiger partial charge is 0.454 e. The molecule has 5 nitrogen and oxygen atoms in total. The molecule has 0 aliphatic carbocycles. The highest BCUT2D eigenvalue weighted by Gasteiger charge is 2.25. The summed E-state index contributed by atoms with van der Waals surface area (Å²) in [6, 6.07) is 59.3. The Morgan fingerprint density at radius 1 is 0.510 bits per heavy atom. The minimum atomic E-state index is -0.174. The van der Waals surface area contributed by atoms with Crippen LogP contribution < -0.4 is 10.6 Å². The van der Waals surface area contributed by atoms with Gasteiger partial charge in [0.2, 0.25) is 0 Å². The summed E-state index contributed by atoms with van der Waals surface area (Å²) in [6.45, 7) is 0. The van der Waals surface area contributed by atoms with E-state index in [1.165, 1.54) is 10.8 Å². The zero-order valence-corrected chi connectivity index (χ0v) is 27.6. The minimum absolute atomic E-state index is 0.0807. The first kappa shape index (κ1) is 29.4. The van der Waals surface area contributed by atoms with Crippen LogP contribution in [0.4, 0.5) is 0 Å². The summed E-state index contributed by atoms with van der Waals surface area (Å²) in [4.78, 5) is 10.4. The number of aliphatic imine (C=N–C) groups is 1. The Hall–Kier alpha value is -6.56. The number of rotatable bonds is 5. The van der Waals surface area contributed by atoms with E-state index in [9.17, 15) is 0 Å². The van der Waals surface area contributed by atoms with Crippen LogP contribution in [-0.2, 0) is 0 Å². The van der Waals surface area contributed by atoms with Gasteiger partial charge in [0.05, 0.1) is 5.52 Å². The van der Waals surface area contributed by atoms with Crippen LogP contribution in [0.2, 0.25) is 0 Å². The molecule has 242 valence electrons. The third-order valence-corrected chi connectivity index (χ3v) is 9.92. The van der Waals surface area contributed by atoms with E-state index in [4.69, 9.17) is 14.4 Å². The summed E-state index contributed by atoms with van der Waals surface area (Å²) >= 11 is 0. The number of amidine groups is 1. The van der Waals surface area contributed by atoms with Crippen molar-refractivity contribution in [2.24, 2.45) is 4.99 Å². The SMILES string of the molecule is c1ccc(C2N=C(c3ccc(-c4cccc(-c5nc6cc7ccccc7cc6c6c5oc5ccccc56)c4)cc3)NC(c3ccccc3)N2)cc1. The number of hydrogen-bond donors (Lipinski definition) is 2. The molecule has 2 N–H and O–H groups in total. The van der Waals surface area contributed by atoms with Crippen LogP contribution in [0.1, 0.15) is 29.0 Å². The number of benzene rings is 7. The molecule has 7 aromatic carbocycles. The first-order valence-corrected chi connectivity index (χ1v) is 17.3. The van der Waals surface area contributed by atoms with Gasteiger partial charge in [-0.05, 0) is 57.3 Å². The van der Waals surface area contributed by atoms with Crippen LogP contribution in [0.3, 0.4) is 0 Å². The first-order chi connectivity index (χ1) is 25.2. The Bertz CT molecular complexity index is 2750. The van der Waals surface area contributed by atoms with Gasteiger partial charge in [-0.2, -0.15) is 0 Å². The molecule has 0 saturated heterocycles. The fourth-order valence-electron chi connectivity index (χ4n) is 7.36. The fourth-order valence-corrected chi connectivity index (χ4v) is 7.36. The van der Waals surface area contributed by atoms with Crippen molar-refractivity contribution < 1.29 is 4.42 Å². The van der Waals surface area contributed by atoms with Crippen molar-refractivity contribution >= 4 is 49.4 Å².